The molecule has 4 aromatic rings. The van der Waals surface area contributed by atoms with Gasteiger partial charge in [-0.3, -0.25) is 4.98 Å². The fraction of sp³-hybridized carbons (Fsp3) is 0.148. The lowest BCUT2D eigenvalue weighted by molar-refractivity contribution is 0.902. The van der Waals surface area contributed by atoms with Crippen molar-refractivity contribution in [3.05, 3.63) is 121 Å². The Balaban J connectivity index is 1.77. The minimum absolute atomic E-state index is 1.09. The van der Waals surface area contributed by atoms with Crippen molar-refractivity contribution in [3.63, 3.8) is 0 Å². The zero-order chi connectivity index (χ0) is 19.9. The molecule has 0 atom stereocenters. The van der Waals surface area contributed by atoms with E-state index < -0.39 is 8.07 Å². The van der Waals surface area contributed by atoms with E-state index in [1.807, 2.05) is 6.20 Å². The molecule has 0 aliphatic rings. The summed E-state index contributed by atoms with van der Waals surface area (Å²) in [6.07, 6.45) is 4.18. The van der Waals surface area contributed by atoms with Crippen LogP contribution in [0.4, 0.5) is 0 Å². The van der Waals surface area contributed by atoms with E-state index in [1.165, 1.54) is 27.2 Å². The highest BCUT2D eigenvalue weighted by molar-refractivity contribution is 7.11. The van der Waals surface area contributed by atoms with Gasteiger partial charge in [0.25, 0.3) is 0 Å². The summed E-state index contributed by atoms with van der Waals surface area (Å²) >= 11 is 0. The lowest BCUT2D eigenvalue weighted by Gasteiger charge is -2.34. The molecule has 0 fully saturated rings. The molecule has 29 heavy (non-hydrogen) atoms. The van der Waals surface area contributed by atoms with Crippen molar-refractivity contribution in [3.8, 4) is 0 Å². The fourth-order valence-electron chi connectivity index (χ4n) is 4.42. The van der Waals surface area contributed by atoms with Crippen LogP contribution in [0.1, 0.15) is 17.7 Å². The van der Waals surface area contributed by atoms with Crippen LogP contribution >= 0.6 is 0 Å². The van der Waals surface area contributed by atoms with Gasteiger partial charge in [-0.15, -0.1) is 0 Å². The minimum atomic E-state index is -2.11. The van der Waals surface area contributed by atoms with E-state index in [-0.39, 0.29) is 0 Å². The maximum atomic E-state index is 4.35. The Labute approximate surface area is 175 Å². The summed E-state index contributed by atoms with van der Waals surface area (Å²) in [4.78, 5) is 4.35. The predicted molar refractivity (Wildman–Crippen MR) is 126 cm³/mol. The molecular formula is C27H27NSi. The SMILES string of the molecule is Cc1cc(CCC[Si](c2ccccc2)(c2ccccc2)c2ccccc2)ccn1. The summed E-state index contributed by atoms with van der Waals surface area (Å²) in [6.45, 7) is 2.07. The molecule has 0 saturated carbocycles. The van der Waals surface area contributed by atoms with Crippen LogP contribution in [0.5, 0.6) is 0 Å². The van der Waals surface area contributed by atoms with E-state index >= 15 is 0 Å². The lowest BCUT2D eigenvalue weighted by Crippen LogP contribution is -2.66. The van der Waals surface area contributed by atoms with Crippen molar-refractivity contribution in [2.45, 2.75) is 25.8 Å². The van der Waals surface area contributed by atoms with Gasteiger partial charge in [0.2, 0.25) is 0 Å². The lowest BCUT2D eigenvalue weighted by atomic mass is 10.1. The first-order valence-corrected chi connectivity index (χ1v) is 12.6. The van der Waals surface area contributed by atoms with Crippen molar-refractivity contribution >= 4 is 23.6 Å². The summed E-state index contributed by atoms with van der Waals surface area (Å²) in [5.41, 5.74) is 2.48. The first-order valence-electron chi connectivity index (χ1n) is 10.4. The average Bonchev–Trinajstić information content (AvgIpc) is 2.79. The normalized spacial score (nSPS) is 11.3. The molecule has 0 aliphatic carbocycles. The van der Waals surface area contributed by atoms with E-state index in [4.69, 9.17) is 0 Å². The van der Waals surface area contributed by atoms with Crippen molar-refractivity contribution < 1.29 is 0 Å². The fourth-order valence-corrected chi connectivity index (χ4v) is 9.28. The van der Waals surface area contributed by atoms with Gasteiger partial charge < -0.3 is 0 Å². The van der Waals surface area contributed by atoms with Gasteiger partial charge in [-0.1, -0.05) is 97.4 Å². The smallest absolute Gasteiger partial charge is 0.148 e. The molecular weight excluding hydrogens is 366 g/mol. The van der Waals surface area contributed by atoms with Gasteiger partial charge in [0, 0.05) is 11.9 Å². The van der Waals surface area contributed by atoms with Crippen LogP contribution in [0.2, 0.25) is 6.04 Å². The van der Waals surface area contributed by atoms with Gasteiger partial charge in [0.15, 0.2) is 0 Å². The van der Waals surface area contributed by atoms with Crippen LogP contribution in [-0.2, 0) is 6.42 Å². The van der Waals surface area contributed by atoms with Crippen LogP contribution in [0.15, 0.2) is 109 Å². The molecule has 3 aromatic carbocycles. The molecule has 1 aromatic heterocycles. The van der Waals surface area contributed by atoms with Gasteiger partial charge in [0.1, 0.15) is 8.07 Å². The molecule has 0 unspecified atom stereocenters. The van der Waals surface area contributed by atoms with Gasteiger partial charge in [-0.05, 0) is 52.6 Å². The largest absolute Gasteiger partial charge is 0.262 e. The number of benzene rings is 3. The van der Waals surface area contributed by atoms with Crippen molar-refractivity contribution in [1.29, 1.82) is 0 Å². The Bertz CT molecular complexity index is 933. The molecule has 144 valence electrons. The minimum Gasteiger partial charge on any atom is -0.262 e. The van der Waals surface area contributed by atoms with E-state index in [0.29, 0.717) is 0 Å². The van der Waals surface area contributed by atoms with Crippen LogP contribution in [0.25, 0.3) is 0 Å². The molecule has 0 aliphatic heterocycles. The number of pyridine rings is 1. The van der Waals surface area contributed by atoms with Crippen LogP contribution < -0.4 is 15.6 Å². The molecule has 1 heterocycles. The van der Waals surface area contributed by atoms with Crippen LogP contribution in [-0.4, -0.2) is 13.1 Å². The molecule has 0 N–H and O–H groups in total. The summed E-state index contributed by atoms with van der Waals surface area (Å²) in [5, 5.41) is 4.47. The zero-order valence-electron chi connectivity index (χ0n) is 17.0. The molecule has 0 amide bonds. The topological polar surface area (TPSA) is 12.9 Å². The monoisotopic (exact) mass is 393 g/mol. The molecule has 0 bridgehead atoms. The van der Waals surface area contributed by atoms with Gasteiger partial charge in [0.05, 0.1) is 0 Å². The van der Waals surface area contributed by atoms with Crippen LogP contribution in [0.3, 0.4) is 0 Å². The number of aryl methyl sites for hydroxylation is 2. The van der Waals surface area contributed by atoms with Crippen molar-refractivity contribution in [2.24, 2.45) is 0 Å². The third-order valence-corrected chi connectivity index (χ3v) is 10.8. The van der Waals surface area contributed by atoms with Gasteiger partial charge >= 0.3 is 0 Å². The Morgan fingerprint density at radius 3 is 1.59 bits per heavy atom. The highest BCUT2D eigenvalue weighted by Crippen LogP contribution is 2.17. The summed E-state index contributed by atoms with van der Waals surface area (Å²) in [7, 11) is -2.11. The van der Waals surface area contributed by atoms with Crippen LogP contribution in [0, 0.1) is 6.92 Å². The van der Waals surface area contributed by atoms with E-state index in [0.717, 1.165) is 18.5 Å². The van der Waals surface area contributed by atoms with E-state index in [1.54, 1.807) is 0 Å². The van der Waals surface area contributed by atoms with E-state index in [2.05, 4.69) is 115 Å². The molecule has 0 spiro atoms. The standard InChI is InChI=1S/C27H27NSi/c1-23-22-24(19-20-28-23)12-11-21-29(25-13-5-2-6-14-25,26-15-7-3-8-16-26)27-17-9-4-10-18-27/h2-10,13-20,22H,11-12,21H2,1H3. The van der Waals surface area contributed by atoms with Gasteiger partial charge in [-0.2, -0.15) is 0 Å². The third-order valence-electron chi connectivity index (χ3n) is 5.78. The summed E-state index contributed by atoms with van der Waals surface area (Å²) in [6, 6.07) is 39.1. The number of aromatic nitrogens is 1. The Hall–Kier alpha value is -2.97. The second-order valence-corrected chi connectivity index (χ2v) is 11.7. The Kier molecular flexibility index (Phi) is 6.02. The quantitative estimate of drug-likeness (QED) is 0.333. The maximum absolute atomic E-state index is 4.35. The Morgan fingerprint density at radius 2 is 1.14 bits per heavy atom. The van der Waals surface area contributed by atoms with Crippen molar-refractivity contribution in [1.82, 2.24) is 4.98 Å². The first-order chi connectivity index (χ1) is 14.3. The summed E-state index contributed by atoms with van der Waals surface area (Å²) in [5.74, 6) is 0. The summed E-state index contributed by atoms with van der Waals surface area (Å²) < 4.78 is 0. The highest BCUT2D eigenvalue weighted by atomic mass is 28.3. The molecule has 2 heteroatoms. The maximum Gasteiger partial charge on any atom is 0.148 e. The van der Waals surface area contributed by atoms with Gasteiger partial charge in [-0.25, -0.2) is 0 Å². The number of hydrogen-bond acceptors (Lipinski definition) is 1. The second kappa shape index (κ2) is 9.02. The average molecular weight is 394 g/mol. The highest BCUT2D eigenvalue weighted by Gasteiger charge is 2.38. The molecule has 4 rings (SSSR count). The number of hydrogen-bond donors (Lipinski definition) is 0. The predicted octanol–water partition coefficient (Wildman–Crippen LogP) is 4.49. The molecule has 1 nitrogen and oxygen atoms in total. The second-order valence-electron chi connectivity index (χ2n) is 7.66. The molecule has 0 radical (unpaired) electrons. The number of nitrogens with zero attached hydrogens (tertiary/aromatic N) is 1. The molecule has 0 saturated heterocycles. The van der Waals surface area contributed by atoms with E-state index in [9.17, 15) is 0 Å². The zero-order valence-corrected chi connectivity index (χ0v) is 18.0. The van der Waals surface area contributed by atoms with Crippen molar-refractivity contribution in [2.75, 3.05) is 0 Å². The first kappa shape index (κ1) is 19.3. The Morgan fingerprint density at radius 1 is 0.655 bits per heavy atom. The third kappa shape index (κ3) is 4.23. The number of rotatable bonds is 7.